The van der Waals surface area contributed by atoms with Gasteiger partial charge in [0.15, 0.2) is 6.29 Å². The van der Waals surface area contributed by atoms with Crippen LogP contribution in [0.4, 0.5) is 0 Å². The largest absolute Gasteiger partial charge is 0.392 e. The van der Waals surface area contributed by atoms with Crippen molar-refractivity contribution in [3.8, 4) is 0 Å². The molecule has 2 N–H and O–H groups in total. The molecule has 0 radical (unpaired) electrons. The number of nitrogens with one attached hydrogen (secondary N) is 1. The number of tetrazole rings is 1. The van der Waals surface area contributed by atoms with Crippen molar-refractivity contribution in [2.45, 2.75) is 43.2 Å². The minimum Gasteiger partial charge on any atom is -0.392 e. The minimum absolute atomic E-state index is 0.0295. The lowest BCUT2D eigenvalue weighted by molar-refractivity contribution is -0.245. The average molecular weight is 602 g/mol. The van der Waals surface area contributed by atoms with E-state index in [1.54, 1.807) is 11.7 Å². The molecule has 1 amide bonds. The van der Waals surface area contributed by atoms with Gasteiger partial charge >= 0.3 is 11.9 Å². The highest BCUT2D eigenvalue weighted by molar-refractivity contribution is 7.99. The molecule has 12 nitrogen and oxygen atoms in total. The Hall–Kier alpha value is -4.43. The van der Waals surface area contributed by atoms with E-state index >= 15 is 0 Å². The number of carbonyl (C=O) groups is 3. The third-order valence-corrected chi connectivity index (χ3v) is 8.35. The number of aryl methyl sites for hydroxylation is 1. The highest BCUT2D eigenvalue weighted by atomic mass is 32.2. The number of cyclic esters (lactones) is 2. The second-order valence-electron chi connectivity index (χ2n) is 10.1. The Kier molecular flexibility index (Phi) is 8.29. The Bertz CT molecular complexity index is 1660. The maximum absolute atomic E-state index is 12.7. The first-order valence-corrected chi connectivity index (χ1v) is 14.5. The number of benzene rings is 3. The number of aliphatic hydroxyl groups is 1. The summed E-state index contributed by atoms with van der Waals surface area (Å²) >= 11 is 1.51. The zero-order valence-corrected chi connectivity index (χ0v) is 23.8. The van der Waals surface area contributed by atoms with Gasteiger partial charge in [-0.15, -0.1) is 5.10 Å². The molecule has 0 bridgehead atoms. The Morgan fingerprint density at radius 2 is 1.70 bits per heavy atom. The topological polar surface area (TPSA) is 155 Å². The van der Waals surface area contributed by atoms with Gasteiger partial charge in [0.25, 0.3) is 5.91 Å². The first-order chi connectivity index (χ1) is 20.9. The summed E-state index contributed by atoms with van der Waals surface area (Å²) in [7, 11) is 1.79. The maximum Gasteiger partial charge on any atom is 0.346 e. The third-order valence-electron chi connectivity index (χ3n) is 7.21. The average Bonchev–Trinajstić information content (AvgIpc) is 3.59. The lowest BCUT2D eigenvalue weighted by Crippen LogP contribution is -2.31. The predicted molar refractivity (Wildman–Crippen MR) is 152 cm³/mol. The number of esters is 2. The van der Waals surface area contributed by atoms with Crippen LogP contribution < -0.4 is 5.32 Å². The van der Waals surface area contributed by atoms with Crippen LogP contribution >= 0.6 is 11.8 Å². The number of hydrogen-bond acceptors (Lipinski definition) is 11. The van der Waals surface area contributed by atoms with Gasteiger partial charge in [-0.25, -0.2) is 14.3 Å². The van der Waals surface area contributed by atoms with Crippen molar-refractivity contribution in [1.29, 1.82) is 0 Å². The second-order valence-corrected chi connectivity index (χ2v) is 11.1. The summed E-state index contributed by atoms with van der Waals surface area (Å²) in [5.74, 6) is -1.23. The van der Waals surface area contributed by atoms with Gasteiger partial charge in [-0.2, -0.15) is 0 Å². The molecule has 2 aliphatic heterocycles. The fourth-order valence-electron chi connectivity index (χ4n) is 4.84. The molecule has 0 aliphatic carbocycles. The zero-order valence-electron chi connectivity index (χ0n) is 23.0. The van der Waals surface area contributed by atoms with E-state index in [0.717, 1.165) is 22.3 Å². The van der Waals surface area contributed by atoms with Crippen molar-refractivity contribution >= 4 is 29.6 Å². The van der Waals surface area contributed by atoms with Gasteiger partial charge in [0.2, 0.25) is 5.16 Å². The molecule has 6 rings (SSSR count). The van der Waals surface area contributed by atoms with Gasteiger partial charge in [0, 0.05) is 36.9 Å². The summed E-state index contributed by atoms with van der Waals surface area (Å²) in [6, 6.07) is 19.5. The molecular weight excluding hydrogens is 574 g/mol. The molecule has 4 aromatic rings. The number of ether oxygens (including phenoxy) is 3. The van der Waals surface area contributed by atoms with Crippen LogP contribution in [0, 0.1) is 0 Å². The monoisotopic (exact) mass is 601 g/mol. The van der Waals surface area contributed by atoms with Gasteiger partial charge in [-0.05, 0) is 45.3 Å². The van der Waals surface area contributed by atoms with E-state index in [0.29, 0.717) is 17.3 Å². The van der Waals surface area contributed by atoms with Crippen LogP contribution in [0.2, 0.25) is 0 Å². The number of fused-ring (bicyclic) bond motifs is 1. The molecule has 0 saturated carbocycles. The van der Waals surface area contributed by atoms with E-state index in [2.05, 4.69) is 25.6 Å². The maximum atomic E-state index is 12.7. The Balaban J connectivity index is 1.12. The third kappa shape index (κ3) is 6.34. The van der Waals surface area contributed by atoms with Gasteiger partial charge in [0.05, 0.1) is 29.9 Å². The van der Waals surface area contributed by atoms with Crippen LogP contribution in [0.25, 0.3) is 0 Å². The summed E-state index contributed by atoms with van der Waals surface area (Å²) in [5.41, 5.74) is 3.98. The Morgan fingerprint density at radius 3 is 2.42 bits per heavy atom. The van der Waals surface area contributed by atoms with Crippen molar-refractivity contribution in [2.75, 3.05) is 5.75 Å². The summed E-state index contributed by atoms with van der Waals surface area (Å²) in [6.45, 7) is 0.217. The fourth-order valence-corrected chi connectivity index (χ4v) is 5.70. The molecule has 0 spiro atoms. The normalized spacial score (nSPS) is 19.6. The molecule has 13 heteroatoms. The van der Waals surface area contributed by atoms with Crippen molar-refractivity contribution in [3.05, 3.63) is 106 Å². The quantitative estimate of drug-likeness (QED) is 0.165. The molecule has 3 atom stereocenters. The SMILES string of the molecule is Cn1nnnc1SC[C@@H]1C[C@H](c2ccc(CO)cc2)OC(c2ccc(CNC(=O)c3ccc4c(c3)C(=O)OC4=O)cc2)O1. The first kappa shape index (κ1) is 28.7. The van der Waals surface area contributed by atoms with E-state index < -0.39 is 18.2 Å². The molecule has 3 aromatic carbocycles. The van der Waals surface area contributed by atoms with Crippen LogP contribution in [0.1, 0.15) is 72.1 Å². The van der Waals surface area contributed by atoms with Gasteiger partial charge in [-0.1, -0.05) is 60.3 Å². The fraction of sp³-hybridized carbons (Fsp3) is 0.267. The van der Waals surface area contributed by atoms with Crippen molar-refractivity contribution in [2.24, 2.45) is 7.05 Å². The molecule has 43 heavy (non-hydrogen) atoms. The van der Waals surface area contributed by atoms with Gasteiger partial charge < -0.3 is 24.6 Å². The lowest BCUT2D eigenvalue weighted by Gasteiger charge is -2.36. The summed E-state index contributed by atoms with van der Waals surface area (Å²) in [5, 5.41) is 24.6. The number of carbonyl (C=O) groups excluding carboxylic acids is 3. The minimum atomic E-state index is -0.756. The van der Waals surface area contributed by atoms with E-state index in [9.17, 15) is 19.5 Å². The smallest absolute Gasteiger partial charge is 0.346 e. The van der Waals surface area contributed by atoms with E-state index in [1.807, 2.05) is 48.5 Å². The number of nitrogens with zero attached hydrogens (tertiary/aromatic N) is 4. The van der Waals surface area contributed by atoms with Crippen molar-refractivity contribution in [1.82, 2.24) is 25.5 Å². The van der Waals surface area contributed by atoms with Crippen LogP contribution in [0.3, 0.4) is 0 Å². The first-order valence-electron chi connectivity index (χ1n) is 13.5. The lowest BCUT2D eigenvalue weighted by atomic mass is 10.0. The second kappa shape index (κ2) is 12.4. The summed E-state index contributed by atoms with van der Waals surface area (Å²) in [6.07, 6.45) is -0.376. The number of aromatic nitrogens is 4. The van der Waals surface area contributed by atoms with E-state index in [-0.39, 0.29) is 48.0 Å². The predicted octanol–water partition coefficient (Wildman–Crippen LogP) is 3.28. The molecule has 3 heterocycles. The van der Waals surface area contributed by atoms with E-state index in [4.69, 9.17) is 9.47 Å². The number of thioether (sulfide) groups is 1. The summed E-state index contributed by atoms with van der Waals surface area (Å²) < 4.78 is 19.0. The van der Waals surface area contributed by atoms with E-state index in [1.165, 1.54) is 30.0 Å². The number of aliphatic hydroxyl groups excluding tert-OH is 1. The highest BCUT2D eigenvalue weighted by Gasteiger charge is 2.33. The molecular formula is C30H27N5O7S. The van der Waals surface area contributed by atoms with Crippen LogP contribution in [-0.4, -0.2) is 55.0 Å². The standard InChI is InChI=1S/C30H27N5O7S/c1-35-30(32-33-34-35)43-16-22-13-25(19-6-4-18(15-36)5-7-19)41-29(40-22)20-8-2-17(3-9-20)14-31-26(37)21-10-11-23-24(12-21)28(39)42-27(23)38/h2-12,22,25,29,36H,13-16H2,1H3,(H,31,37)/t22-,25+,29?/m0/s1. The van der Waals surface area contributed by atoms with Gasteiger partial charge in [0.1, 0.15) is 0 Å². The molecule has 220 valence electrons. The molecule has 1 fully saturated rings. The number of rotatable bonds is 9. The van der Waals surface area contributed by atoms with Crippen LogP contribution in [0.15, 0.2) is 71.9 Å². The molecule has 1 aromatic heterocycles. The highest BCUT2D eigenvalue weighted by Crippen LogP contribution is 2.39. The van der Waals surface area contributed by atoms with Crippen LogP contribution in [0.5, 0.6) is 0 Å². The number of hydrogen-bond donors (Lipinski definition) is 2. The van der Waals surface area contributed by atoms with Crippen molar-refractivity contribution < 1.29 is 33.7 Å². The Morgan fingerprint density at radius 1 is 0.977 bits per heavy atom. The van der Waals surface area contributed by atoms with Crippen LogP contribution in [-0.2, 0) is 34.4 Å². The molecule has 1 saturated heterocycles. The molecule has 1 unspecified atom stereocenters. The molecule has 2 aliphatic rings. The zero-order chi connectivity index (χ0) is 29.9. The summed E-state index contributed by atoms with van der Waals surface area (Å²) in [4.78, 5) is 36.2. The van der Waals surface area contributed by atoms with Crippen molar-refractivity contribution in [3.63, 3.8) is 0 Å². The van der Waals surface area contributed by atoms with Gasteiger partial charge in [-0.3, -0.25) is 4.79 Å². The number of amides is 1. The Labute approximate surface area is 250 Å².